The Labute approximate surface area is 153 Å². The van der Waals surface area contributed by atoms with Gasteiger partial charge in [-0.3, -0.25) is 10.2 Å². The van der Waals surface area contributed by atoms with Crippen molar-refractivity contribution < 1.29 is 18.3 Å². The van der Waals surface area contributed by atoms with Crippen molar-refractivity contribution in [1.29, 1.82) is 0 Å². The first kappa shape index (κ1) is 18.4. The zero-order valence-electron chi connectivity index (χ0n) is 14.3. The molecule has 2 aromatic rings. The van der Waals surface area contributed by atoms with E-state index in [-0.39, 0.29) is 16.2 Å². The van der Waals surface area contributed by atoms with Crippen molar-refractivity contribution in [3.63, 3.8) is 0 Å². The van der Waals surface area contributed by atoms with Gasteiger partial charge in [-0.25, -0.2) is 8.42 Å². The number of phenols is 1. The number of hydrogen-bond donors (Lipinski definition) is 3. The Bertz CT molecular complexity index is 873. The van der Waals surface area contributed by atoms with Crippen LogP contribution in [0.1, 0.15) is 53.9 Å². The topological polar surface area (TPSA) is 95.5 Å². The average molecular weight is 374 g/mol. The minimum Gasteiger partial charge on any atom is -0.508 e. The van der Waals surface area contributed by atoms with Gasteiger partial charge in [0.25, 0.3) is 15.9 Å². The lowest BCUT2D eigenvalue weighted by Gasteiger charge is -2.22. The van der Waals surface area contributed by atoms with Gasteiger partial charge in [0.2, 0.25) is 0 Å². The predicted octanol–water partition coefficient (Wildman–Crippen LogP) is 3.06. The molecule has 0 atom stereocenters. The van der Waals surface area contributed by atoms with E-state index >= 15 is 0 Å². The molecular formula is C19H22N2O4S. The van der Waals surface area contributed by atoms with Crippen LogP contribution in [0, 0.1) is 0 Å². The van der Waals surface area contributed by atoms with Gasteiger partial charge in [0, 0.05) is 5.56 Å². The number of sulfonamides is 1. The maximum Gasteiger partial charge on any atom is 0.266 e. The molecule has 138 valence electrons. The molecule has 0 aromatic heterocycles. The number of carbonyl (C=O) groups excluding carboxylic acids is 1. The first-order valence-corrected chi connectivity index (χ1v) is 10.2. The summed E-state index contributed by atoms with van der Waals surface area (Å²) in [6.07, 6.45) is 5.99. The monoisotopic (exact) mass is 374 g/mol. The van der Waals surface area contributed by atoms with Crippen molar-refractivity contribution in [2.24, 2.45) is 0 Å². The van der Waals surface area contributed by atoms with E-state index in [2.05, 4.69) is 10.3 Å². The minimum atomic E-state index is -3.87. The lowest BCUT2D eigenvalue weighted by molar-refractivity contribution is 0.0944. The molecule has 1 fully saturated rings. The van der Waals surface area contributed by atoms with Gasteiger partial charge >= 0.3 is 0 Å². The van der Waals surface area contributed by atoms with E-state index in [0.717, 1.165) is 18.4 Å². The highest BCUT2D eigenvalue weighted by atomic mass is 32.2. The largest absolute Gasteiger partial charge is 0.508 e. The maximum atomic E-state index is 12.3. The van der Waals surface area contributed by atoms with Gasteiger partial charge in [0.15, 0.2) is 0 Å². The molecule has 7 heteroatoms. The van der Waals surface area contributed by atoms with Crippen molar-refractivity contribution in [1.82, 2.24) is 10.3 Å². The molecule has 0 bridgehead atoms. The number of hydrogen-bond acceptors (Lipinski definition) is 4. The summed E-state index contributed by atoms with van der Waals surface area (Å²) in [4.78, 5) is 14.2. The third kappa shape index (κ3) is 4.42. The summed E-state index contributed by atoms with van der Waals surface area (Å²) in [5.41, 5.74) is 3.47. The maximum absolute atomic E-state index is 12.3. The smallest absolute Gasteiger partial charge is 0.266 e. The third-order valence-electron chi connectivity index (χ3n) is 4.67. The highest BCUT2D eigenvalue weighted by Crippen LogP contribution is 2.32. The molecule has 1 saturated carbocycles. The van der Waals surface area contributed by atoms with Crippen molar-refractivity contribution in [2.45, 2.75) is 42.9 Å². The lowest BCUT2D eigenvalue weighted by Crippen LogP contribution is -2.41. The second-order valence-corrected chi connectivity index (χ2v) is 8.20. The Hall–Kier alpha value is -2.38. The number of amides is 1. The molecule has 1 aliphatic carbocycles. The van der Waals surface area contributed by atoms with Gasteiger partial charge < -0.3 is 5.11 Å². The Morgan fingerprint density at radius 3 is 2.35 bits per heavy atom. The van der Waals surface area contributed by atoms with Gasteiger partial charge in [-0.2, -0.15) is 0 Å². The average Bonchev–Trinajstić information content (AvgIpc) is 2.67. The summed E-state index contributed by atoms with van der Waals surface area (Å²) in [5, 5.41) is 9.38. The summed E-state index contributed by atoms with van der Waals surface area (Å²) in [5.74, 6) is -0.221. The zero-order valence-corrected chi connectivity index (χ0v) is 15.1. The molecular weight excluding hydrogens is 352 g/mol. The van der Waals surface area contributed by atoms with Gasteiger partial charge in [-0.1, -0.05) is 37.5 Å². The number of phenolic OH excluding ortho intramolecular Hbond substituents is 1. The second-order valence-electron chi connectivity index (χ2n) is 6.51. The quantitative estimate of drug-likeness (QED) is 0.701. The Balaban J connectivity index is 1.65. The fourth-order valence-corrected chi connectivity index (χ4v) is 4.09. The molecule has 0 unspecified atom stereocenters. The second kappa shape index (κ2) is 7.88. The number of carbonyl (C=O) groups is 1. The first-order chi connectivity index (χ1) is 12.5. The molecule has 0 heterocycles. The minimum absolute atomic E-state index is 0.0705. The van der Waals surface area contributed by atoms with Crippen molar-refractivity contribution >= 4 is 15.9 Å². The van der Waals surface area contributed by atoms with Crippen LogP contribution in [0.4, 0.5) is 0 Å². The van der Waals surface area contributed by atoms with Crippen LogP contribution in [-0.2, 0) is 10.0 Å². The molecule has 0 spiro atoms. The van der Waals surface area contributed by atoms with Crippen LogP contribution >= 0.6 is 0 Å². The lowest BCUT2D eigenvalue weighted by atomic mass is 9.84. The van der Waals surface area contributed by atoms with E-state index in [1.165, 1.54) is 43.5 Å². The molecule has 6 nitrogen and oxygen atoms in total. The number of hydrazine groups is 1. The van der Waals surface area contributed by atoms with Crippen LogP contribution in [0.25, 0.3) is 0 Å². The molecule has 1 aliphatic rings. The van der Waals surface area contributed by atoms with E-state index in [1.54, 1.807) is 12.1 Å². The normalized spacial score (nSPS) is 15.5. The zero-order chi connectivity index (χ0) is 18.6. The number of nitrogens with one attached hydrogen (secondary N) is 2. The van der Waals surface area contributed by atoms with Crippen molar-refractivity contribution in [3.05, 3.63) is 59.7 Å². The van der Waals surface area contributed by atoms with E-state index in [4.69, 9.17) is 0 Å². The van der Waals surface area contributed by atoms with Gasteiger partial charge in [-0.05, 0) is 54.7 Å². The van der Waals surface area contributed by atoms with Crippen LogP contribution in [-0.4, -0.2) is 19.4 Å². The van der Waals surface area contributed by atoms with Crippen LogP contribution < -0.4 is 10.3 Å². The summed E-state index contributed by atoms with van der Waals surface area (Å²) in [6.45, 7) is 0. The molecule has 26 heavy (non-hydrogen) atoms. The van der Waals surface area contributed by atoms with Gasteiger partial charge in [0.1, 0.15) is 5.75 Å². The predicted molar refractivity (Wildman–Crippen MR) is 98.2 cm³/mol. The third-order valence-corrected chi connectivity index (χ3v) is 5.94. The van der Waals surface area contributed by atoms with Crippen LogP contribution in [0.2, 0.25) is 0 Å². The number of aromatic hydroxyl groups is 1. The van der Waals surface area contributed by atoms with Crippen LogP contribution in [0.15, 0.2) is 53.4 Å². The van der Waals surface area contributed by atoms with Crippen LogP contribution in [0.3, 0.4) is 0 Å². The molecule has 0 saturated heterocycles. The van der Waals surface area contributed by atoms with Crippen molar-refractivity contribution in [2.75, 3.05) is 0 Å². The fraction of sp³-hybridized carbons (Fsp3) is 0.316. The Morgan fingerprint density at radius 2 is 1.69 bits per heavy atom. The Morgan fingerprint density at radius 1 is 1.00 bits per heavy atom. The molecule has 1 amide bonds. The molecule has 2 aromatic carbocycles. The SMILES string of the molecule is O=C(NNS(=O)(=O)c1ccc(C2CCCCC2)cc1)c1cccc(O)c1. The summed E-state index contributed by atoms with van der Waals surface area (Å²) in [6, 6.07) is 12.5. The fourth-order valence-electron chi connectivity index (χ4n) is 3.25. The standard InChI is InChI=1S/C19H22N2O4S/c22-17-8-4-7-16(13-17)19(23)20-21-26(24,25)18-11-9-15(10-12-18)14-5-2-1-3-6-14/h4,7-14,21-22H,1-3,5-6H2,(H,20,23). The first-order valence-electron chi connectivity index (χ1n) is 8.67. The summed E-state index contributed by atoms with van der Waals surface area (Å²) in [7, 11) is -3.87. The van der Waals surface area contributed by atoms with Gasteiger partial charge in [0.05, 0.1) is 4.90 Å². The Kier molecular flexibility index (Phi) is 5.58. The van der Waals surface area contributed by atoms with Crippen LogP contribution in [0.5, 0.6) is 5.75 Å². The summed E-state index contributed by atoms with van der Waals surface area (Å²) < 4.78 is 24.7. The highest BCUT2D eigenvalue weighted by molar-refractivity contribution is 7.89. The number of benzene rings is 2. The van der Waals surface area contributed by atoms with Crippen molar-refractivity contribution in [3.8, 4) is 5.75 Å². The van der Waals surface area contributed by atoms with E-state index < -0.39 is 15.9 Å². The van der Waals surface area contributed by atoms with Gasteiger partial charge in [-0.15, -0.1) is 4.83 Å². The molecule has 0 aliphatic heterocycles. The molecule has 0 radical (unpaired) electrons. The molecule has 3 rings (SSSR count). The molecule has 3 N–H and O–H groups in total. The van der Waals surface area contributed by atoms with E-state index in [9.17, 15) is 18.3 Å². The number of rotatable bonds is 5. The summed E-state index contributed by atoms with van der Waals surface area (Å²) >= 11 is 0. The highest BCUT2D eigenvalue weighted by Gasteiger charge is 2.19. The van der Waals surface area contributed by atoms with E-state index in [0.29, 0.717) is 5.92 Å². The van der Waals surface area contributed by atoms with E-state index in [1.807, 2.05) is 12.1 Å².